The van der Waals surface area contributed by atoms with Gasteiger partial charge >= 0.3 is 0 Å². The molecule has 1 aliphatic heterocycles. The predicted octanol–water partition coefficient (Wildman–Crippen LogP) is 4.04. The minimum atomic E-state index is -0.103. The van der Waals surface area contributed by atoms with Crippen molar-refractivity contribution in [1.82, 2.24) is 5.32 Å². The van der Waals surface area contributed by atoms with E-state index in [1.54, 1.807) is 0 Å². The molecule has 0 aromatic heterocycles. The Morgan fingerprint density at radius 2 is 1.43 bits per heavy atom. The molecule has 21 heavy (non-hydrogen) atoms. The molecular formula is C19H21NO. The molecule has 0 aliphatic carbocycles. The van der Waals surface area contributed by atoms with Crippen molar-refractivity contribution in [1.29, 1.82) is 0 Å². The molecule has 0 spiro atoms. The smallest absolute Gasteiger partial charge is 0.228 e. The van der Waals surface area contributed by atoms with E-state index < -0.39 is 0 Å². The van der Waals surface area contributed by atoms with Gasteiger partial charge in [-0.3, -0.25) is 4.79 Å². The SMILES string of the molecule is CC(C)(C)[C@@H]1C(=O)N[C@@H](c2ccccc2)c2ccccc21. The van der Waals surface area contributed by atoms with Crippen molar-refractivity contribution >= 4 is 5.91 Å². The second kappa shape index (κ2) is 5.03. The van der Waals surface area contributed by atoms with Gasteiger partial charge in [-0.25, -0.2) is 0 Å². The Hall–Kier alpha value is -2.09. The molecule has 0 saturated carbocycles. The summed E-state index contributed by atoms with van der Waals surface area (Å²) in [6, 6.07) is 18.4. The average molecular weight is 279 g/mol. The van der Waals surface area contributed by atoms with Crippen LogP contribution in [-0.4, -0.2) is 5.91 Å². The fraction of sp³-hybridized carbons (Fsp3) is 0.316. The molecule has 0 radical (unpaired) electrons. The highest BCUT2D eigenvalue weighted by atomic mass is 16.2. The first-order valence-electron chi connectivity index (χ1n) is 7.42. The van der Waals surface area contributed by atoms with Crippen LogP contribution < -0.4 is 5.32 Å². The molecule has 0 bridgehead atoms. The Morgan fingerprint density at radius 3 is 2.05 bits per heavy atom. The Kier molecular flexibility index (Phi) is 3.32. The van der Waals surface area contributed by atoms with Crippen molar-refractivity contribution in [2.24, 2.45) is 5.41 Å². The summed E-state index contributed by atoms with van der Waals surface area (Å²) in [5.74, 6) is 0.0173. The van der Waals surface area contributed by atoms with E-state index in [0.717, 1.165) is 11.1 Å². The molecule has 1 heterocycles. The summed E-state index contributed by atoms with van der Waals surface area (Å²) in [5, 5.41) is 3.21. The van der Waals surface area contributed by atoms with Crippen LogP contribution in [-0.2, 0) is 4.79 Å². The summed E-state index contributed by atoms with van der Waals surface area (Å²) < 4.78 is 0. The molecule has 0 saturated heterocycles. The zero-order valence-corrected chi connectivity index (χ0v) is 12.8. The number of amides is 1. The molecule has 2 aromatic rings. The van der Waals surface area contributed by atoms with Crippen molar-refractivity contribution in [3.63, 3.8) is 0 Å². The Balaban J connectivity index is 2.14. The van der Waals surface area contributed by atoms with E-state index in [-0.39, 0.29) is 23.3 Å². The molecule has 0 fully saturated rings. The lowest BCUT2D eigenvalue weighted by atomic mass is 9.71. The van der Waals surface area contributed by atoms with Gasteiger partial charge in [-0.2, -0.15) is 0 Å². The molecular weight excluding hydrogens is 258 g/mol. The van der Waals surface area contributed by atoms with Gasteiger partial charge in [0.05, 0.1) is 12.0 Å². The van der Waals surface area contributed by atoms with Gasteiger partial charge in [-0.05, 0) is 22.1 Å². The van der Waals surface area contributed by atoms with Crippen LogP contribution in [0.1, 0.15) is 49.4 Å². The van der Waals surface area contributed by atoms with E-state index in [2.05, 4.69) is 50.4 Å². The minimum Gasteiger partial charge on any atom is -0.345 e. The summed E-state index contributed by atoms with van der Waals surface area (Å²) in [5.41, 5.74) is 3.40. The summed E-state index contributed by atoms with van der Waals surface area (Å²) in [6.45, 7) is 6.37. The molecule has 2 nitrogen and oxygen atoms in total. The van der Waals surface area contributed by atoms with Crippen molar-refractivity contribution < 1.29 is 4.79 Å². The highest BCUT2D eigenvalue weighted by Crippen LogP contribution is 2.43. The van der Waals surface area contributed by atoms with Gasteiger partial charge in [0.2, 0.25) is 5.91 Å². The molecule has 2 aromatic carbocycles. The number of nitrogens with one attached hydrogen (secondary N) is 1. The zero-order valence-electron chi connectivity index (χ0n) is 12.8. The highest BCUT2D eigenvalue weighted by Gasteiger charge is 2.40. The van der Waals surface area contributed by atoms with Gasteiger partial charge < -0.3 is 5.32 Å². The van der Waals surface area contributed by atoms with E-state index >= 15 is 0 Å². The molecule has 3 rings (SSSR count). The average Bonchev–Trinajstić information content (AvgIpc) is 2.46. The van der Waals surface area contributed by atoms with Gasteiger partial charge in [0, 0.05) is 0 Å². The summed E-state index contributed by atoms with van der Waals surface area (Å²) in [4.78, 5) is 12.7. The first-order chi connectivity index (χ1) is 9.98. The first-order valence-corrected chi connectivity index (χ1v) is 7.42. The standard InChI is InChI=1S/C19H21NO/c1-19(2,3)16-14-11-7-8-12-15(14)17(20-18(16)21)13-9-5-4-6-10-13/h4-12,16-17H,1-3H3,(H,20,21)/t16-,17-/m0/s1. The van der Waals surface area contributed by atoms with Crippen LogP contribution in [0.25, 0.3) is 0 Å². The lowest BCUT2D eigenvalue weighted by Gasteiger charge is -2.38. The summed E-state index contributed by atoms with van der Waals surface area (Å²) >= 11 is 0. The topological polar surface area (TPSA) is 29.1 Å². The summed E-state index contributed by atoms with van der Waals surface area (Å²) in [6.07, 6.45) is 0. The molecule has 1 N–H and O–H groups in total. The molecule has 1 aliphatic rings. The number of benzene rings is 2. The first kappa shape index (κ1) is 13.9. The Bertz CT molecular complexity index is 655. The largest absolute Gasteiger partial charge is 0.345 e. The van der Waals surface area contributed by atoms with Crippen molar-refractivity contribution in [2.75, 3.05) is 0 Å². The van der Waals surface area contributed by atoms with Gasteiger partial charge in [-0.15, -0.1) is 0 Å². The van der Waals surface area contributed by atoms with Crippen LogP contribution in [0.5, 0.6) is 0 Å². The van der Waals surface area contributed by atoms with Gasteiger partial charge in [0.1, 0.15) is 0 Å². The second-order valence-corrected chi connectivity index (χ2v) is 6.78. The van der Waals surface area contributed by atoms with Crippen LogP contribution in [0, 0.1) is 5.41 Å². The number of fused-ring (bicyclic) bond motifs is 1. The quantitative estimate of drug-likeness (QED) is 0.838. The zero-order chi connectivity index (χ0) is 15.0. The highest BCUT2D eigenvalue weighted by molar-refractivity contribution is 5.87. The van der Waals surface area contributed by atoms with Crippen LogP contribution in [0.15, 0.2) is 54.6 Å². The van der Waals surface area contributed by atoms with E-state index in [9.17, 15) is 4.79 Å². The third-order valence-corrected chi connectivity index (χ3v) is 4.17. The third kappa shape index (κ3) is 2.46. The number of hydrogen-bond acceptors (Lipinski definition) is 1. The van der Waals surface area contributed by atoms with Crippen LogP contribution in [0.3, 0.4) is 0 Å². The Morgan fingerprint density at radius 1 is 0.857 bits per heavy atom. The van der Waals surface area contributed by atoms with Crippen LogP contribution in [0.2, 0.25) is 0 Å². The fourth-order valence-corrected chi connectivity index (χ4v) is 3.25. The van der Waals surface area contributed by atoms with Crippen LogP contribution in [0.4, 0.5) is 0 Å². The number of carbonyl (C=O) groups is 1. The maximum absolute atomic E-state index is 12.7. The van der Waals surface area contributed by atoms with E-state index in [1.807, 2.05) is 30.3 Å². The minimum absolute atomic E-state index is 0.0477. The van der Waals surface area contributed by atoms with Crippen molar-refractivity contribution in [3.05, 3.63) is 71.3 Å². The predicted molar refractivity (Wildman–Crippen MR) is 85.1 cm³/mol. The van der Waals surface area contributed by atoms with Crippen LogP contribution >= 0.6 is 0 Å². The number of carbonyl (C=O) groups excluding carboxylic acids is 1. The van der Waals surface area contributed by atoms with E-state index in [1.165, 1.54) is 5.56 Å². The molecule has 1 amide bonds. The fourth-order valence-electron chi connectivity index (χ4n) is 3.25. The normalized spacial score (nSPS) is 21.6. The molecule has 2 atom stereocenters. The maximum Gasteiger partial charge on any atom is 0.228 e. The van der Waals surface area contributed by atoms with Crippen molar-refractivity contribution in [2.45, 2.75) is 32.7 Å². The maximum atomic E-state index is 12.7. The van der Waals surface area contributed by atoms with E-state index in [0.29, 0.717) is 0 Å². The lowest BCUT2D eigenvalue weighted by molar-refractivity contribution is -0.126. The third-order valence-electron chi connectivity index (χ3n) is 4.17. The summed E-state index contributed by atoms with van der Waals surface area (Å²) in [7, 11) is 0. The van der Waals surface area contributed by atoms with Gasteiger partial charge in [0.25, 0.3) is 0 Å². The van der Waals surface area contributed by atoms with Crippen molar-refractivity contribution in [3.8, 4) is 0 Å². The molecule has 0 unspecified atom stereocenters. The van der Waals surface area contributed by atoms with Gasteiger partial charge in [0.15, 0.2) is 0 Å². The van der Waals surface area contributed by atoms with E-state index in [4.69, 9.17) is 0 Å². The van der Waals surface area contributed by atoms with Gasteiger partial charge in [-0.1, -0.05) is 75.4 Å². The second-order valence-electron chi connectivity index (χ2n) is 6.78. The number of rotatable bonds is 1. The number of hydrogen-bond donors (Lipinski definition) is 1. The molecule has 108 valence electrons. The monoisotopic (exact) mass is 279 g/mol. The lowest BCUT2D eigenvalue weighted by Crippen LogP contribution is -2.43. The Labute approximate surface area is 126 Å². The molecule has 2 heteroatoms.